The van der Waals surface area contributed by atoms with Crippen LogP contribution in [0.1, 0.15) is 71.6 Å². The van der Waals surface area contributed by atoms with Gasteiger partial charge in [0, 0.05) is 31.0 Å². The normalized spacial score (nSPS) is 26.1. The molecule has 2 saturated carbocycles. The van der Waals surface area contributed by atoms with Crippen molar-refractivity contribution in [2.45, 2.75) is 83.7 Å². The van der Waals surface area contributed by atoms with Gasteiger partial charge in [0.1, 0.15) is 0 Å². The van der Waals surface area contributed by atoms with Crippen LogP contribution < -0.4 is 16.0 Å². The van der Waals surface area contributed by atoms with Gasteiger partial charge in [-0.2, -0.15) is 0 Å². The van der Waals surface area contributed by atoms with Gasteiger partial charge in [-0.1, -0.05) is 19.8 Å². The third kappa shape index (κ3) is 6.42. The molecule has 0 radical (unpaired) electrons. The number of rotatable bonds is 8. The molecule has 0 aliphatic heterocycles. The summed E-state index contributed by atoms with van der Waals surface area (Å²) >= 11 is 0. The van der Waals surface area contributed by atoms with Crippen LogP contribution in [0.5, 0.6) is 0 Å². The highest BCUT2D eigenvalue weighted by Crippen LogP contribution is 2.28. The maximum absolute atomic E-state index is 12.2. The van der Waals surface area contributed by atoms with Gasteiger partial charge in [-0.15, -0.1) is 0 Å². The minimum Gasteiger partial charge on any atom is -0.354 e. The molecule has 0 bridgehead atoms. The summed E-state index contributed by atoms with van der Waals surface area (Å²) in [5.74, 6) is 1.11. The number of hydrogen-bond donors (Lipinski definition) is 3. The fraction of sp³-hybridized carbons (Fsp3) is 0.895. The molecule has 0 heterocycles. The van der Waals surface area contributed by atoms with Crippen molar-refractivity contribution in [1.29, 1.82) is 0 Å². The van der Waals surface area contributed by atoms with E-state index in [2.05, 4.69) is 29.8 Å². The van der Waals surface area contributed by atoms with Gasteiger partial charge in [0.25, 0.3) is 0 Å². The smallest absolute Gasteiger partial charge is 0.223 e. The molecular weight excluding hydrogens is 302 g/mol. The molecule has 1 atom stereocenters. The minimum absolute atomic E-state index is 0.113. The number of carbonyl (C=O) groups is 2. The number of nitrogens with one attached hydrogen (secondary N) is 3. The molecule has 0 aromatic carbocycles. The summed E-state index contributed by atoms with van der Waals surface area (Å²) in [6.07, 6.45) is 9.31. The van der Waals surface area contributed by atoms with E-state index in [4.69, 9.17) is 0 Å². The second-order valence-corrected chi connectivity index (χ2v) is 7.67. The largest absolute Gasteiger partial charge is 0.354 e. The topological polar surface area (TPSA) is 70.2 Å². The molecule has 2 rings (SSSR count). The molecule has 138 valence electrons. The van der Waals surface area contributed by atoms with Gasteiger partial charge in [-0.3, -0.25) is 9.59 Å². The minimum atomic E-state index is 0.113. The molecule has 2 amide bonds. The van der Waals surface area contributed by atoms with E-state index in [1.54, 1.807) is 0 Å². The highest BCUT2D eigenvalue weighted by atomic mass is 16.2. The van der Waals surface area contributed by atoms with Crippen LogP contribution in [0, 0.1) is 11.8 Å². The van der Waals surface area contributed by atoms with Crippen LogP contribution in [-0.4, -0.2) is 37.0 Å². The molecular formula is C19H35N3O2. The maximum Gasteiger partial charge on any atom is 0.223 e. The standard InChI is InChI=1S/C19H35N3O2/c1-3-20-14(2)13-21-19(24)16-8-10-17(11-9-16)22-18(23)12-15-6-4-5-7-15/h14-17,20H,3-13H2,1-2H3,(H,21,24)(H,22,23)/t14-,16?,17?/m1/s1. The number of likely N-dealkylation sites (N-methyl/N-ethyl adjacent to an activating group) is 1. The van der Waals surface area contributed by atoms with Crippen LogP contribution >= 0.6 is 0 Å². The van der Waals surface area contributed by atoms with Gasteiger partial charge < -0.3 is 16.0 Å². The van der Waals surface area contributed by atoms with E-state index >= 15 is 0 Å². The Morgan fingerprint density at radius 3 is 2.33 bits per heavy atom. The summed E-state index contributed by atoms with van der Waals surface area (Å²) in [6, 6.07) is 0.578. The Balaban J connectivity index is 1.61. The zero-order valence-corrected chi connectivity index (χ0v) is 15.4. The number of hydrogen-bond acceptors (Lipinski definition) is 3. The Kier molecular flexibility index (Phi) is 8.03. The van der Waals surface area contributed by atoms with Crippen LogP contribution in [0.25, 0.3) is 0 Å². The highest BCUT2D eigenvalue weighted by Gasteiger charge is 2.28. The molecule has 2 aliphatic rings. The van der Waals surface area contributed by atoms with E-state index in [1.807, 2.05) is 0 Å². The van der Waals surface area contributed by atoms with Gasteiger partial charge in [-0.05, 0) is 57.9 Å². The molecule has 0 spiro atoms. The van der Waals surface area contributed by atoms with Crippen LogP contribution in [0.15, 0.2) is 0 Å². The lowest BCUT2D eigenvalue weighted by Crippen LogP contribution is -2.44. The fourth-order valence-corrected chi connectivity index (χ4v) is 4.08. The summed E-state index contributed by atoms with van der Waals surface area (Å²) in [5, 5.41) is 9.54. The lowest BCUT2D eigenvalue weighted by Gasteiger charge is -2.29. The molecule has 2 aliphatic carbocycles. The quantitative estimate of drug-likeness (QED) is 0.637. The first kappa shape index (κ1) is 19.2. The predicted molar refractivity (Wildman–Crippen MR) is 96.6 cm³/mol. The van der Waals surface area contributed by atoms with Crippen LogP contribution in [-0.2, 0) is 9.59 Å². The number of amides is 2. The predicted octanol–water partition coefficient (Wildman–Crippen LogP) is 2.36. The molecule has 5 heteroatoms. The fourth-order valence-electron chi connectivity index (χ4n) is 4.08. The van der Waals surface area contributed by atoms with E-state index in [0.717, 1.165) is 32.2 Å². The average molecular weight is 338 g/mol. The number of carbonyl (C=O) groups excluding carboxylic acids is 2. The molecule has 5 nitrogen and oxygen atoms in total. The molecule has 0 aromatic rings. The second-order valence-electron chi connectivity index (χ2n) is 7.67. The van der Waals surface area contributed by atoms with Crippen molar-refractivity contribution in [3.8, 4) is 0 Å². The summed E-state index contributed by atoms with van der Waals surface area (Å²) in [6.45, 7) is 5.76. The Bertz CT molecular complexity index is 399. The summed E-state index contributed by atoms with van der Waals surface area (Å²) < 4.78 is 0. The van der Waals surface area contributed by atoms with Crippen LogP contribution in [0.2, 0.25) is 0 Å². The van der Waals surface area contributed by atoms with Gasteiger partial charge in [0.05, 0.1) is 0 Å². The third-order valence-corrected chi connectivity index (χ3v) is 5.55. The first-order chi connectivity index (χ1) is 11.6. The van der Waals surface area contributed by atoms with Gasteiger partial charge in [-0.25, -0.2) is 0 Å². The molecule has 24 heavy (non-hydrogen) atoms. The van der Waals surface area contributed by atoms with Crippen molar-refractivity contribution < 1.29 is 9.59 Å². The lowest BCUT2D eigenvalue weighted by atomic mass is 9.85. The average Bonchev–Trinajstić information content (AvgIpc) is 3.06. The van der Waals surface area contributed by atoms with E-state index in [9.17, 15) is 9.59 Å². The molecule has 0 unspecified atom stereocenters. The van der Waals surface area contributed by atoms with E-state index in [0.29, 0.717) is 24.9 Å². The SMILES string of the molecule is CCN[C@H](C)CNC(=O)C1CCC(NC(=O)CC2CCCC2)CC1. The second kappa shape index (κ2) is 10.0. The maximum atomic E-state index is 12.2. The first-order valence-electron chi connectivity index (χ1n) is 9.89. The van der Waals surface area contributed by atoms with E-state index in [-0.39, 0.29) is 23.8 Å². The Morgan fingerprint density at radius 1 is 1.04 bits per heavy atom. The van der Waals surface area contributed by atoms with Crippen LogP contribution in [0.4, 0.5) is 0 Å². The summed E-state index contributed by atoms with van der Waals surface area (Å²) in [7, 11) is 0. The zero-order valence-electron chi connectivity index (χ0n) is 15.4. The van der Waals surface area contributed by atoms with Gasteiger partial charge in [0.15, 0.2) is 0 Å². The van der Waals surface area contributed by atoms with Crippen molar-refractivity contribution in [3.63, 3.8) is 0 Å². The van der Waals surface area contributed by atoms with Crippen molar-refractivity contribution in [2.75, 3.05) is 13.1 Å². The molecule has 0 aromatic heterocycles. The highest BCUT2D eigenvalue weighted by molar-refractivity contribution is 5.79. The summed E-state index contributed by atoms with van der Waals surface area (Å²) in [5.41, 5.74) is 0. The summed E-state index contributed by atoms with van der Waals surface area (Å²) in [4.78, 5) is 24.4. The van der Waals surface area contributed by atoms with Gasteiger partial charge >= 0.3 is 0 Å². The molecule has 3 N–H and O–H groups in total. The van der Waals surface area contributed by atoms with Gasteiger partial charge in [0.2, 0.25) is 11.8 Å². The molecule has 0 saturated heterocycles. The Morgan fingerprint density at radius 2 is 1.71 bits per heavy atom. The monoisotopic (exact) mass is 337 g/mol. The van der Waals surface area contributed by atoms with Crippen molar-refractivity contribution in [3.05, 3.63) is 0 Å². The Labute approximate surface area is 146 Å². The lowest BCUT2D eigenvalue weighted by molar-refractivity contribution is -0.126. The van der Waals surface area contributed by atoms with Crippen molar-refractivity contribution >= 4 is 11.8 Å². The third-order valence-electron chi connectivity index (χ3n) is 5.55. The van der Waals surface area contributed by atoms with Crippen molar-refractivity contribution in [1.82, 2.24) is 16.0 Å². The first-order valence-corrected chi connectivity index (χ1v) is 9.89. The Hall–Kier alpha value is -1.10. The van der Waals surface area contributed by atoms with E-state index in [1.165, 1.54) is 25.7 Å². The van der Waals surface area contributed by atoms with E-state index < -0.39 is 0 Å². The molecule has 2 fully saturated rings. The zero-order chi connectivity index (χ0) is 17.4. The van der Waals surface area contributed by atoms with Crippen molar-refractivity contribution in [2.24, 2.45) is 11.8 Å². The van der Waals surface area contributed by atoms with Crippen LogP contribution in [0.3, 0.4) is 0 Å².